The summed E-state index contributed by atoms with van der Waals surface area (Å²) >= 11 is 0. The molecule has 0 saturated heterocycles. The minimum Gasteiger partial charge on any atom is -0.392 e. The van der Waals surface area contributed by atoms with Gasteiger partial charge < -0.3 is 5.11 Å². The topological polar surface area (TPSA) is 37.3 Å². The lowest BCUT2D eigenvalue weighted by molar-refractivity contribution is -0.111. The van der Waals surface area contributed by atoms with Gasteiger partial charge in [0.1, 0.15) is 0 Å². The zero-order chi connectivity index (χ0) is 15.5. The number of unbranched alkanes of at least 4 members (excludes halogenated alkanes) is 1. The highest BCUT2D eigenvalue weighted by Gasteiger charge is 2.21. The van der Waals surface area contributed by atoms with Gasteiger partial charge in [-0.3, -0.25) is 4.79 Å². The number of hydrogen-bond acceptors (Lipinski definition) is 2. The fraction of sp³-hybridized carbons (Fsp3) is 0.526. The molecule has 1 aliphatic carbocycles. The highest BCUT2D eigenvalue weighted by Crippen LogP contribution is 2.26. The first-order valence-electron chi connectivity index (χ1n) is 8.09. The molecule has 0 unspecified atom stereocenters. The standard InChI is InChI=1S/C19H28O2/c1-3-5-7-9-10-16-12-15-19(21)18(16)14-13-17(20)11-8-6-4-2/h6-9,12,14-17,20H,3-5,10-11,13H2,1-2H3/b8-6-,9-7-,18-14+/t16-,17-/m0/s1. The van der Waals surface area contributed by atoms with E-state index in [1.54, 1.807) is 6.08 Å². The van der Waals surface area contributed by atoms with Crippen molar-refractivity contribution in [2.45, 2.75) is 58.5 Å². The second-order valence-electron chi connectivity index (χ2n) is 5.49. The van der Waals surface area contributed by atoms with Crippen LogP contribution in [0.5, 0.6) is 0 Å². The molecular weight excluding hydrogens is 260 g/mol. The molecule has 2 atom stereocenters. The van der Waals surface area contributed by atoms with Gasteiger partial charge in [-0.15, -0.1) is 0 Å². The minimum atomic E-state index is -0.398. The Morgan fingerprint density at radius 2 is 2.00 bits per heavy atom. The molecule has 0 bridgehead atoms. The molecule has 116 valence electrons. The van der Waals surface area contributed by atoms with Crippen molar-refractivity contribution in [3.63, 3.8) is 0 Å². The van der Waals surface area contributed by atoms with Crippen LogP contribution in [0.25, 0.3) is 0 Å². The third kappa shape index (κ3) is 6.72. The lowest BCUT2D eigenvalue weighted by atomic mass is 9.96. The van der Waals surface area contributed by atoms with Crippen LogP contribution in [0.3, 0.4) is 0 Å². The number of ketones is 1. The average Bonchev–Trinajstić information content (AvgIpc) is 2.82. The zero-order valence-electron chi connectivity index (χ0n) is 13.3. The Bertz CT molecular complexity index is 427. The molecule has 2 heteroatoms. The summed E-state index contributed by atoms with van der Waals surface area (Å²) in [5, 5.41) is 9.91. The molecule has 0 aromatic carbocycles. The van der Waals surface area contributed by atoms with E-state index < -0.39 is 6.10 Å². The Hall–Kier alpha value is -1.41. The number of aliphatic hydroxyl groups is 1. The van der Waals surface area contributed by atoms with Crippen LogP contribution in [0.1, 0.15) is 52.4 Å². The van der Waals surface area contributed by atoms with E-state index in [9.17, 15) is 9.90 Å². The third-order valence-corrected chi connectivity index (χ3v) is 3.60. The van der Waals surface area contributed by atoms with Crippen molar-refractivity contribution in [2.75, 3.05) is 0 Å². The molecule has 1 aliphatic rings. The molecule has 2 nitrogen and oxygen atoms in total. The fourth-order valence-electron chi connectivity index (χ4n) is 2.35. The first-order chi connectivity index (χ1) is 10.2. The Kier molecular flexibility index (Phi) is 8.68. The Balaban J connectivity index is 2.50. The second kappa shape index (κ2) is 10.3. The van der Waals surface area contributed by atoms with Crippen molar-refractivity contribution >= 4 is 5.78 Å². The molecule has 1 rings (SSSR count). The van der Waals surface area contributed by atoms with Gasteiger partial charge in [0.05, 0.1) is 6.10 Å². The number of hydrogen-bond donors (Lipinski definition) is 1. The summed E-state index contributed by atoms with van der Waals surface area (Å²) in [5.41, 5.74) is 0.842. The number of allylic oxidation sites excluding steroid dienone is 6. The van der Waals surface area contributed by atoms with Crippen LogP contribution < -0.4 is 0 Å². The Morgan fingerprint density at radius 1 is 1.19 bits per heavy atom. The number of carbonyl (C=O) groups excluding carboxylic acids is 1. The second-order valence-corrected chi connectivity index (χ2v) is 5.49. The third-order valence-electron chi connectivity index (χ3n) is 3.60. The summed E-state index contributed by atoms with van der Waals surface area (Å²) in [7, 11) is 0. The quantitative estimate of drug-likeness (QED) is 0.500. The van der Waals surface area contributed by atoms with Crippen molar-refractivity contribution in [1.29, 1.82) is 0 Å². The Labute approximate surface area is 128 Å². The molecule has 0 aromatic heterocycles. The van der Waals surface area contributed by atoms with Crippen LogP contribution in [-0.4, -0.2) is 17.0 Å². The van der Waals surface area contributed by atoms with Crippen LogP contribution in [0.15, 0.2) is 48.1 Å². The van der Waals surface area contributed by atoms with Crippen molar-refractivity contribution in [3.05, 3.63) is 48.1 Å². The predicted octanol–water partition coefficient (Wildman–Crippen LogP) is 4.52. The largest absolute Gasteiger partial charge is 0.392 e. The predicted molar refractivity (Wildman–Crippen MR) is 89.1 cm³/mol. The van der Waals surface area contributed by atoms with Gasteiger partial charge in [-0.05, 0) is 38.2 Å². The van der Waals surface area contributed by atoms with Crippen molar-refractivity contribution < 1.29 is 9.90 Å². The molecule has 1 N–H and O–H groups in total. The lowest BCUT2D eigenvalue weighted by Crippen LogP contribution is -2.07. The van der Waals surface area contributed by atoms with E-state index >= 15 is 0 Å². The van der Waals surface area contributed by atoms with Crippen LogP contribution in [-0.2, 0) is 4.79 Å². The van der Waals surface area contributed by atoms with Crippen LogP contribution >= 0.6 is 0 Å². The smallest absolute Gasteiger partial charge is 0.181 e. The molecule has 0 amide bonds. The van der Waals surface area contributed by atoms with Gasteiger partial charge in [-0.2, -0.15) is 0 Å². The monoisotopic (exact) mass is 288 g/mol. The normalized spacial score (nSPS) is 22.1. The molecular formula is C19H28O2. The molecule has 0 spiro atoms. The van der Waals surface area contributed by atoms with Gasteiger partial charge in [-0.1, -0.05) is 56.7 Å². The van der Waals surface area contributed by atoms with Crippen LogP contribution in [0.4, 0.5) is 0 Å². The maximum atomic E-state index is 11.9. The molecule has 0 aromatic rings. The van der Waals surface area contributed by atoms with Crippen LogP contribution in [0, 0.1) is 5.92 Å². The maximum absolute atomic E-state index is 11.9. The van der Waals surface area contributed by atoms with Gasteiger partial charge in [0.2, 0.25) is 0 Å². The molecule has 0 radical (unpaired) electrons. The summed E-state index contributed by atoms with van der Waals surface area (Å²) < 4.78 is 0. The molecule has 21 heavy (non-hydrogen) atoms. The van der Waals surface area contributed by atoms with Gasteiger partial charge in [0, 0.05) is 11.5 Å². The highest BCUT2D eigenvalue weighted by atomic mass is 16.3. The SMILES string of the molecule is CC/C=C\C[C@H](O)C/C=C1/C(=O)C=C[C@@H]1C/C=C\CCC. The minimum absolute atomic E-state index is 0.0974. The van der Waals surface area contributed by atoms with Crippen LogP contribution in [0.2, 0.25) is 0 Å². The fourth-order valence-corrected chi connectivity index (χ4v) is 2.35. The van der Waals surface area contributed by atoms with E-state index in [0.717, 1.165) is 31.3 Å². The van der Waals surface area contributed by atoms with Gasteiger partial charge in [0.25, 0.3) is 0 Å². The molecule has 0 heterocycles. The van der Waals surface area contributed by atoms with Crippen molar-refractivity contribution in [3.8, 4) is 0 Å². The van der Waals surface area contributed by atoms with E-state index in [1.165, 1.54) is 0 Å². The summed E-state index contributed by atoms with van der Waals surface area (Å²) in [6.45, 7) is 4.23. The molecule has 0 fully saturated rings. The van der Waals surface area contributed by atoms with Gasteiger partial charge in [0.15, 0.2) is 5.78 Å². The molecule has 0 saturated carbocycles. The van der Waals surface area contributed by atoms with E-state index in [1.807, 2.05) is 18.2 Å². The summed E-state index contributed by atoms with van der Waals surface area (Å²) in [4.78, 5) is 11.9. The van der Waals surface area contributed by atoms with E-state index in [0.29, 0.717) is 12.8 Å². The number of rotatable bonds is 9. The molecule has 0 aliphatic heterocycles. The van der Waals surface area contributed by atoms with Crippen molar-refractivity contribution in [2.24, 2.45) is 5.92 Å². The highest BCUT2D eigenvalue weighted by molar-refractivity contribution is 6.07. The summed E-state index contributed by atoms with van der Waals surface area (Å²) in [6, 6.07) is 0. The van der Waals surface area contributed by atoms with E-state index in [-0.39, 0.29) is 11.7 Å². The van der Waals surface area contributed by atoms with E-state index in [4.69, 9.17) is 0 Å². The van der Waals surface area contributed by atoms with E-state index in [2.05, 4.69) is 32.1 Å². The Morgan fingerprint density at radius 3 is 2.71 bits per heavy atom. The van der Waals surface area contributed by atoms with Gasteiger partial charge >= 0.3 is 0 Å². The number of aliphatic hydroxyl groups excluding tert-OH is 1. The van der Waals surface area contributed by atoms with Crippen molar-refractivity contribution in [1.82, 2.24) is 0 Å². The summed E-state index contributed by atoms with van der Waals surface area (Å²) in [5.74, 6) is 0.282. The average molecular weight is 288 g/mol. The maximum Gasteiger partial charge on any atom is 0.181 e. The first kappa shape index (κ1) is 17.6. The zero-order valence-corrected chi connectivity index (χ0v) is 13.3. The van der Waals surface area contributed by atoms with Gasteiger partial charge in [-0.25, -0.2) is 0 Å². The lowest BCUT2D eigenvalue weighted by Gasteiger charge is -2.09. The number of carbonyl (C=O) groups is 1. The summed E-state index contributed by atoms with van der Waals surface area (Å²) in [6.07, 6.45) is 18.9. The first-order valence-corrected chi connectivity index (χ1v) is 8.09.